The molecule has 8 nitrogen and oxygen atoms in total. The van der Waals surface area contributed by atoms with Gasteiger partial charge in [0, 0.05) is 23.1 Å². The molecule has 2 rings (SSSR count). The Morgan fingerprint density at radius 1 is 1.05 bits per heavy atom. The average molecular weight is 599 g/mol. The van der Waals surface area contributed by atoms with Gasteiger partial charge < -0.3 is 14.8 Å². The summed E-state index contributed by atoms with van der Waals surface area (Å²) in [7, 11) is 0. The molecule has 1 N–H and O–H groups in total. The van der Waals surface area contributed by atoms with E-state index in [2.05, 4.69) is 60.8 Å². The second-order valence-electron chi connectivity index (χ2n) is 11.2. The van der Waals surface area contributed by atoms with Gasteiger partial charge in [-0.25, -0.2) is 9.59 Å². The van der Waals surface area contributed by atoms with Crippen LogP contribution in [0.4, 0.5) is 4.79 Å². The molecule has 2 amide bonds. The smallest absolute Gasteiger partial charge is 0.410 e. The van der Waals surface area contributed by atoms with E-state index >= 15 is 0 Å². The summed E-state index contributed by atoms with van der Waals surface area (Å²) in [5.74, 6) is -0.968. The molecule has 0 spiro atoms. The molecule has 1 heterocycles. The van der Waals surface area contributed by atoms with Gasteiger partial charge in [-0.2, -0.15) is 0 Å². The number of benzene rings is 1. The van der Waals surface area contributed by atoms with Crippen LogP contribution in [-0.4, -0.2) is 71.2 Å². The topological polar surface area (TPSA) is 88.2 Å². The third kappa shape index (κ3) is 9.88. The van der Waals surface area contributed by atoms with Gasteiger partial charge in [0.05, 0.1) is 6.61 Å². The van der Waals surface area contributed by atoms with Gasteiger partial charge in [-0.1, -0.05) is 35.0 Å². The molecule has 1 aromatic rings. The molecule has 1 saturated heterocycles. The number of carbonyl (C=O) groups is 3. The van der Waals surface area contributed by atoms with E-state index in [0.29, 0.717) is 37.0 Å². The molecule has 1 aromatic carbocycles. The van der Waals surface area contributed by atoms with Crippen molar-refractivity contribution in [2.75, 3.05) is 19.7 Å². The minimum absolute atomic E-state index is 0.189. The summed E-state index contributed by atoms with van der Waals surface area (Å²) >= 11 is 3.37. The van der Waals surface area contributed by atoms with E-state index in [0.717, 1.165) is 11.0 Å². The predicted octanol–water partition coefficient (Wildman–Crippen LogP) is 5.87. The molecule has 0 radical (unpaired) electrons. The lowest BCUT2D eigenvalue weighted by Gasteiger charge is -2.33. The Labute approximate surface area is 237 Å². The number of nitrogens with zero attached hydrogens (tertiary/aromatic N) is 2. The van der Waals surface area contributed by atoms with Crippen molar-refractivity contribution in [3.63, 3.8) is 0 Å². The van der Waals surface area contributed by atoms with Crippen LogP contribution in [0.15, 0.2) is 28.7 Å². The zero-order valence-corrected chi connectivity index (χ0v) is 26.5. The minimum atomic E-state index is -1.38. The maximum atomic E-state index is 13.1. The fourth-order valence-electron chi connectivity index (χ4n) is 4.53. The van der Waals surface area contributed by atoms with Gasteiger partial charge in [0.25, 0.3) is 0 Å². The molecule has 2 unspecified atom stereocenters. The highest BCUT2D eigenvalue weighted by Crippen LogP contribution is 2.27. The van der Waals surface area contributed by atoms with E-state index < -0.39 is 35.2 Å². The van der Waals surface area contributed by atoms with Crippen LogP contribution in [-0.2, 0) is 24.6 Å². The van der Waals surface area contributed by atoms with E-state index in [1.165, 1.54) is 4.90 Å². The number of likely N-dealkylation sites (tertiary alicyclic amines) is 1. The monoisotopic (exact) mass is 597 g/mol. The Kier molecular flexibility index (Phi) is 13.3. The van der Waals surface area contributed by atoms with Crippen molar-refractivity contribution >= 4 is 33.9 Å². The number of hydrogen-bond acceptors (Lipinski definition) is 6. The first-order valence-corrected chi connectivity index (χ1v) is 14.4. The van der Waals surface area contributed by atoms with Crippen molar-refractivity contribution in [2.45, 2.75) is 111 Å². The van der Waals surface area contributed by atoms with Gasteiger partial charge in [-0.05, 0) is 99.4 Å². The van der Waals surface area contributed by atoms with Gasteiger partial charge >= 0.3 is 12.1 Å². The van der Waals surface area contributed by atoms with Gasteiger partial charge in [0.15, 0.2) is 5.54 Å². The number of nitrogens with one attached hydrogen (secondary N) is 1. The SMILES string of the molecule is CCN(C(C)C)C(C)C.CCOC(=O)C(C)(NC(=O)C1CCCN1C(=O)OC(C)(C)C)c1ccc(Br)cc1. The van der Waals surface area contributed by atoms with Gasteiger partial charge in [0.1, 0.15) is 11.6 Å². The van der Waals surface area contributed by atoms with Crippen LogP contribution in [0, 0.1) is 0 Å². The fraction of sp³-hybridized carbons (Fsp3) is 0.690. The van der Waals surface area contributed by atoms with Gasteiger partial charge in [-0.3, -0.25) is 14.6 Å². The number of ether oxygens (including phenoxy) is 2. The zero-order valence-electron chi connectivity index (χ0n) is 24.9. The van der Waals surface area contributed by atoms with Crippen LogP contribution in [0.3, 0.4) is 0 Å². The lowest BCUT2D eigenvalue weighted by molar-refractivity contribution is -0.153. The fourth-order valence-corrected chi connectivity index (χ4v) is 4.80. The Morgan fingerprint density at radius 3 is 2.03 bits per heavy atom. The first kappa shape index (κ1) is 33.9. The lowest BCUT2D eigenvalue weighted by Crippen LogP contribution is -2.56. The van der Waals surface area contributed by atoms with Crippen LogP contribution in [0.1, 0.15) is 87.6 Å². The molecule has 1 fully saturated rings. The Balaban J connectivity index is 0.000000686. The van der Waals surface area contributed by atoms with Gasteiger partial charge in [0.2, 0.25) is 5.91 Å². The third-order valence-electron chi connectivity index (χ3n) is 6.35. The number of rotatable bonds is 8. The van der Waals surface area contributed by atoms with E-state index in [-0.39, 0.29) is 6.61 Å². The van der Waals surface area contributed by atoms with E-state index in [9.17, 15) is 14.4 Å². The first-order chi connectivity index (χ1) is 17.6. The largest absolute Gasteiger partial charge is 0.464 e. The van der Waals surface area contributed by atoms with Gasteiger partial charge in [-0.15, -0.1) is 0 Å². The number of halogens is 1. The second-order valence-corrected chi connectivity index (χ2v) is 12.1. The highest BCUT2D eigenvalue weighted by molar-refractivity contribution is 9.10. The van der Waals surface area contributed by atoms with E-state index in [1.54, 1.807) is 58.9 Å². The van der Waals surface area contributed by atoms with Crippen LogP contribution in [0.25, 0.3) is 0 Å². The van der Waals surface area contributed by atoms with Crippen LogP contribution in [0.2, 0.25) is 0 Å². The second kappa shape index (κ2) is 14.9. The summed E-state index contributed by atoms with van der Waals surface area (Å²) in [5.41, 5.74) is -1.44. The molecule has 38 heavy (non-hydrogen) atoms. The maximum Gasteiger partial charge on any atom is 0.410 e. The quantitative estimate of drug-likeness (QED) is 0.377. The van der Waals surface area contributed by atoms with Crippen molar-refractivity contribution < 1.29 is 23.9 Å². The van der Waals surface area contributed by atoms with Crippen molar-refractivity contribution in [1.82, 2.24) is 15.1 Å². The van der Waals surface area contributed by atoms with Crippen LogP contribution in [0.5, 0.6) is 0 Å². The molecule has 0 bridgehead atoms. The predicted molar refractivity (Wildman–Crippen MR) is 155 cm³/mol. The number of hydrogen-bond donors (Lipinski definition) is 1. The molecule has 0 aromatic heterocycles. The standard InChI is InChI=1S/C21H29BrN2O5.C8H19N/c1-6-28-18(26)21(5,14-9-11-15(22)12-10-14)23-17(25)16-8-7-13-24(16)19(27)29-20(2,3)4;1-6-9(7(2)3)8(4)5/h9-12,16H,6-8,13H2,1-5H3,(H,23,25);7-8H,6H2,1-5H3. The Bertz CT molecular complexity index is 906. The maximum absolute atomic E-state index is 13.1. The summed E-state index contributed by atoms with van der Waals surface area (Å²) in [5, 5.41) is 2.83. The Hall–Kier alpha value is -2.13. The molecule has 0 aliphatic carbocycles. The molecular formula is C29H48BrN3O5. The molecule has 9 heteroatoms. The summed E-state index contributed by atoms with van der Waals surface area (Å²) in [4.78, 5) is 42.3. The number of amides is 2. The number of esters is 1. The lowest BCUT2D eigenvalue weighted by atomic mass is 9.91. The van der Waals surface area contributed by atoms with E-state index in [1.807, 2.05) is 0 Å². The molecule has 216 valence electrons. The first-order valence-electron chi connectivity index (χ1n) is 13.6. The van der Waals surface area contributed by atoms with Crippen LogP contribution < -0.4 is 5.32 Å². The Morgan fingerprint density at radius 2 is 1.61 bits per heavy atom. The molecular weight excluding hydrogens is 550 g/mol. The van der Waals surface area contributed by atoms with Crippen molar-refractivity contribution in [1.29, 1.82) is 0 Å². The summed E-state index contributed by atoms with van der Waals surface area (Å²) in [6.07, 6.45) is 0.660. The third-order valence-corrected chi connectivity index (χ3v) is 6.88. The summed E-state index contributed by atoms with van der Waals surface area (Å²) < 4.78 is 11.5. The number of carbonyl (C=O) groups excluding carboxylic acids is 3. The minimum Gasteiger partial charge on any atom is -0.464 e. The highest BCUT2D eigenvalue weighted by atomic mass is 79.9. The van der Waals surface area contributed by atoms with Crippen molar-refractivity contribution in [2.24, 2.45) is 0 Å². The summed E-state index contributed by atoms with van der Waals surface area (Å²) in [6, 6.07) is 7.77. The zero-order chi connectivity index (χ0) is 29.3. The molecule has 1 aliphatic rings. The average Bonchev–Trinajstić information content (AvgIpc) is 3.29. The molecule has 2 atom stereocenters. The van der Waals surface area contributed by atoms with Crippen molar-refractivity contribution in [3.05, 3.63) is 34.3 Å². The van der Waals surface area contributed by atoms with Crippen LogP contribution >= 0.6 is 15.9 Å². The molecule has 0 saturated carbocycles. The van der Waals surface area contributed by atoms with Crippen molar-refractivity contribution in [3.8, 4) is 0 Å². The summed E-state index contributed by atoms with van der Waals surface area (Å²) in [6.45, 7) is 21.6. The highest BCUT2D eigenvalue weighted by Gasteiger charge is 2.43. The molecule has 1 aliphatic heterocycles. The van der Waals surface area contributed by atoms with E-state index in [4.69, 9.17) is 9.47 Å². The normalized spacial score (nSPS) is 17.1.